The molecule has 2 aromatic carbocycles. The van der Waals surface area contributed by atoms with Gasteiger partial charge in [0.05, 0.1) is 9.21 Å². The number of benzene rings is 2. The Morgan fingerprint density at radius 2 is 1.41 bits per heavy atom. The summed E-state index contributed by atoms with van der Waals surface area (Å²) in [6.07, 6.45) is -4.71. The van der Waals surface area contributed by atoms with Crippen LogP contribution in [0.15, 0.2) is 48.5 Å². The Labute approximate surface area is 140 Å². The van der Waals surface area contributed by atoms with Crippen molar-refractivity contribution < 1.29 is 22.1 Å². The minimum Gasteiger partial charge on any atom is -0.289 e. The monoisotopic (exact) mass is 436 g/mol. The lowest BCUT2D eigenvalue weighted by Gasteiger charge is -2.39. The average molecular weight is 436 g/mol. The lowest BCUT2D eigenvalue weighted by atomic mass is 9.74. The maximum Gasteiger partial charge on any atom is 0.427 e. The third kappa shape index (κ3) is 2.10. The molecule has 0 fully saturated rings. The molecule has 0 amide bonds. The first kappa shape index (κ1) is 15.8. The molecule has 22 heavy (non-hydrogen) atoms. The highest BCUT2D eigenvalue weighted by atomic mass is 127. The van der Waals surface area contributed by atoms with E-state index in [0.717, 1.165) is 0 Å². The number of ketones is 1. The van der Waals surface area contributed by atoms with Crippen molar-refractivity contribution in [3.8, 4) is 0 Å². The fourth-order valence-corrected chi connectivity index (χ4v) is 3.93. The maximum absolute atomic E-state index is 14.0. The van der Waals surface area contributed by atoms with E-state index in [0.29, 0.717) is 9.21 Å². The van der Waals surface area contributed by atoms with Crippen LogP contribution in [0.5, 0.6) is 0 Å². The summed E-state index contributed by atoms with van der Waals surface area (Å²) in [6.45, 7) is 0. The molecule has 0 saturated carbocycles. The van der Waals surface area contributed by atoms with Crippen LogP contribution < -0.4 is 0 Å². The molecule has 114 valence electrons. The van der Waals surface area contributed by atoms with E-state index in [2.05, 4.69) is 0 Å². The smallest absolute Gasteiger partial charge is 0.289 e. The molecule has 0 atom stereocenters. The third-order valence-corrected chi connectivity index (χ3v) is 4.51. The van der Waals surface area contributed by atoms with Crippen LogP contribution in [0.4, 0.5) is 13.2 Å². The quantitative estimate of drug-likeness (QED) is 0.487. The van der Waals surface area contributed by atoms with Gasteiger partial charge in [0.1, 0.15) is 0 Å². The zero-order chi connectivity index (χ0) is 16.0. The summed E-state index contributed by atoms with van der Waals surface area (Å²) < 4.78 is 47.2. The second-order valence-corrected chi connectivity index (χ2v) is 6.12. The second-order valence-electron chi connectivity index (χ2n) is 4.75. The number of hydrogen-bond acceptors (Lipinski definition) is 3. The zero-order valence-electron chi connectivity index (χ0n) is 10.9. The Morgan fingerprint density at radius 1 is 0.955 bits per heavy atom. The number of hydrogen-bond donors (Lipinski definition) is 0. The minimum atomic E-state index is -4.71. The van der Waals surface area contributed by atoms with Crippen molar-refractivity contribution in [2.75, 3.05) is 0 Å². The molecule has 0 N–H and O–H groups in total. The van der Waals surface area contributed by atoms with E-state index >= 15 is 0 Å². The summed E-state index contributed by atoms with van der Waals surface area (Å²) in [5.74, 6) is -0.423. The largest absolute Gasteiger partial charge is 0.427 e. The second kappa shape index (κ2) is 5.54. The van der Waals surface area contributed by atoms with E-state index in [-0.39, 0.29) is 22.3 Å². The van der Waals surface area contributed by atoms with E-state index in [1.165, 1.54) is 36.4 Å². The van der Waals surface area contributed by atoms with Gasteiger partial charge in [-0.3, -0.25) is 8.98 Å². The van der Waals surface area contributed by atoms with Gasteiger partial charge in [-0.2, -0.15) is 13.2 Å². The normalized spacial score (nSPS) is 16.1. The predicted octanol–water partition coefficient (Wildman–Crippen LogP) is 5.05. The van der Waals surface area contributed by atoms with Gasteiger partial charge in [-0.15, -0.1) is 0 Å². The van der Waals surface area contributed by atoms with Crippen molar-refractivity contribution in [1.82, 2.24) is 0 Å². The van der Waals surface area contributed by atoms with Crippen LogP contribution in [-0.2, 0) is 9.78 Å². The highest BCUT2D eigenvalue weighted by Crippen LogP contribution is 2.54. The van der Waals surface area contributed by atoms with Crippen LogP contribution in [0, 0.1) is 0 Å². The first-order chi connectivity index (χ1) is 10.4. The molecule has 2 nitrogen and oxygen atoms in total. The van der Waals surface area contributed by atoms with Crippen molar-refractivity contribution in [3.63, 3.8) is 0 Å². The Hall–Kier alpha value is -1.06. The topological polar surface area (TPSA) is 26.3 Å². The average Bonchev–Trinajstić information content (AvgIpc) is 2.50. The highest BCUT2D eigenvalue weighted by Gasteiger charge is 2.63. The van der Waals surface area contributed by atoms with Crippen molar-refractivity contribution in [1.29, 1.82) is 0 Å². The van der Waals surface area contributed by atoms with Gasteiger partial charge in [0.15, 0.2) is 5.78 Å². The van der Waals surface area contributed by atoms with Crippen molar-refractivity contribution in [2.45, 2.75) is 11.8 Å². The molecule has 2 aromatic rings. The van der Waals surface area contributed by atoms with Crippen LogP contribution in [0.3, 0.4) is 0 Å². The SMILES string of the molecule is O=C1c2ccccc2C(OSI)(C(F)(F)F)c2ccccc21. The standard InChI is InChI=1S/C15H8F3IO2S/c16-15(17,18)14(21-22-19)11-7-3-1-5-9(11)13(20)10-6-2-4-8-12(10)14/h1-8H. The van der Waals surface area contributed by atoms with Gasteiger partial charge < -0.3 is 0 Å². The molecule has 0 saturated heterocycles. The number of rotatable bonds is 2. The van der Waals surface area contributed by atoms with Gasteiger partial charge in [-0.1, -0.05) is 48.5 Å². The summed E-state index contributed by atoms with van der Waals surface area (Å²) in [7, 11) is 0.601. The highest BCUT2D eigenvalue weighted by molar-refractivity contribution is 14.2. The fourth-order valence-electron chi connectivity index (χ4n) is 2.76. The first-order valence-corrected chi connectivity index (χ1v) is 9.49. The number of carbonyl (C=O) groups is 1. The summed E-state index contributed by atoms with van der Waals surface area (Å²) in [6, 6.07) is 11.4. The van der Waals surface area contributed by atoms with Crippen molar-refractivity contribution in [3.05, 3.63) is 70.8 Å². The minimum absolute atomic E-state index is 0.0176. The molecule has 0 spiro atoms. The van der Waals surface area contributed by atoms with Crippen LogP contribution in [0.25, 0.3) is 0 Å². The maximum atomic E-state index is 14.0. The molecule has 3 rings (SSSR count). The van der Waals surface area contributed by atoms with Crippen molar-refractivity contribution >= 4 is 36.2 Å². The van der Waals surface area contributed by atoms with Crippen molar-refractivity contribution in [2.24, 2.45) is 0 Å². The van der Waals surface area contributed by atoms with E-state index in [1.54, 1.807) is 33.3 Å². The molecule has 0 heterocycles. The van der Waals surface area contributed by atoms with E-state index in [9.17, 15) is 18.0 Å². The van der Waals surface area contributed by atoms with Gasteiger partial charge in [-0.05, 0) is 0 Å². The number of halogens is 4. The van der Waals surface area contributed by atoms with Crippen LogP contribution in [-0.4, -0.2) is 12.0 Å². The lowest BCUT2D eigenvalue weighted by molar-refractivity contribution is -0.233. The van der Waals surface area contributed by atoms with Gasteiger partial charge >= 0.3 is 6.18 Å². The molecule has 1 aliphatic rings. The van der Waals surface area contributed by atoms with Crippen LogP contribution in [0.1, 0.15) is 27.0 Å². The molecule has 0 aromatic heterocycles. The molecule has 7 heteroatoms. The fraction of sp³-hybridized carbons (Fsp3) is 0.133. The van der Waals surface area contributed by atoms with Crippen LogP contribution >= 0.6 is 30.4 Å². The number of fused-ring (bicyclic) bond motifs is 2. The van der Waals surface area contributed by atoms with E-state index in [1.807, 2.05) is 0 Å². The first-order valence-electron chi connectivity index (χ1n) is 6.20. The molecule has 0 aliphatic heterocycles. The van der Waals surface area contributed by atoms with E-state index < -0.39 is 17.6 Å². The number of carbonyl (C=O) groups excluding carboxylic acids is 1. The van der Waals surface area contributed by atoms with Gasteiger partial charge in [0, 0.05) is 43.5 Å². The Balaban J connectivity index is 2.44. The van der Waals surface area contributed by atoms with Gasteiger partial charge in [0.2, 0.25) is 5.60 Å². The lowest BCUT2D eigenvalue weighted by Crippen LogP contribution is -2.48. The van der Waals surface area contributed by atoms with Gasteiger partial charge in [-0.25, -0.2) is 0 Å². The Kier molecular flexibility index (Phi) is 3.98. The molecule has 1 aliphatic carbocycles. The molecule has 0 bridgehead atoms. The molecular weight excluding hydrogens is 428 g/mol. The molecule has 0 radical (unpaired) electrons. The van der Waals surface area contributed by atoms with Crippen LogP contribution in [0.2, 0.25) is 0 Å². The summed E-state index contributed by atoms with van der Waals surface area (Å²) in [4.78, 5) is 12.5. The summed E-state index contributed by atoms with van der Waals surface area (Å²) >= 11 is 1.65. The Bertz CT molecular complexity index is 696. The van der Waals surface area contributed by atoms with Gasteiger partial charge in [0.25, 0.3) is 0 Å². The number of alkyl halides is 3. The summed E-state index contributed by atoms with van der Waals surface area (Å²) in [5, 5.41) is 0. The molecule has 0 unspecified atom stereocenters. The zero-order valence-corrected chi connectivity index (χ0v) is 13.8. The molecular formula is C15H8F3IO2S. The predicted molar refractivity (Wildman–Crippen MR) is 85.8 cm³/mol. The third-order valence-electron chi connectivity index (χ3n) is 3.66. The summed E-state index contributed by atoms with van der Waals surface area (Å²) in [5.41, 5.74) is -2.96. The Morgan fingerprint density at radius 3 is 1.82 bits per heavy atom. The van der Waals surface area contributed by atoms with E-state index in [4.69, 9.17) is 4.18 Å².